The second kappa shape index (κ2) is 8.24. The van der Waals surface area contributed by atoms with Gasteiger partial charge in [0.15, 0.2) is 5.57 Å². The molecule has 0 atom stereocenters. The van der Waals surface area contributed by atoms with Crippen LogP contribution in [0.1, 0.15) is 11.1 Å². The van der Waals surface area contributed by atoms with Gasteiger partial charge in [0.2, 0.25) is 0 Å². The maximum Gasteiger partial charge on any atom is 0.269 e. The number of hydrogen-bond donors (Lipinski definition) is 0. The predicted molar refractivity (Wildman–Crippen MR) is 108 cm³/mol. The summed E-state index contributed by atoms with van der Waals surface area (Å²) in [6, 6.07) is 18.2. The van der Waals surface area contributed by atoms with Gasteiger partial charge in [-0.15, -0.1) is 11.3 Å². The molecule has 0 spiro atoms. The van der Waals surface area contributed by atoms with Gasteiger partial charge in [0.05, 0.1) is 11.1 Å². The molecule has 0 aliphatic carbocycles. The molecule has 0 radical (unpaired) electrons. The van der Waals surface area contributed by atoms with E-state index in [1.54, 1.807) is 24.3 Å². The molecule has 2 aromatic carbocycles. The summed E-state index contributed by atoms with van der Waals surface area (Å²) < 4.78 is 2.08. The Morgan fingerprint density at radius 2 is 1.67 bits per heavy atom. The van der Waals surface area contributed by atoms with Crippen LogP contribution in [-0.4, -0.2) is 4.57 Å². The van der Waals surface area contributed by atoms with Crippen LogP contribution in [0.5, 0.6) is 0 Å². The second-order valence-electron chi connectivity index (χ2n) is 5.53. The molecule has 132 valence electrons. The first-order chi connectivity index (χ1) is 13.0. The zero-order valence-electron chi connectivity index (χ0n) is 13.8. The molecule has 0 N–H and O–H groups in total. The minimum absolute atomic E-state index is 0.113. The van der Waals surface area contributed by atoms with Crippen molar-refractivity contribution in [2.75, 3.05) is 0 Å². The lowest BCUT2D eigenvalue weighted by Gasteiger charge is -2.02. The Labute approximate surface area is 169 Å². The minimum Gasteiger partial charge on any atom is -0.293 e. The molecule has 0 aliphatic heterocycles. The summed E-state index contributed by atoms with van der Waals surface area (Å²) in [4.78, 5) is 13.0. The van der Waals surface area contributed by atoms with Gasteiger partial charge in [0.1, 0.15) is 16.8 Å². The molecule has 0 fully saturated rings. The Bertz CT molecular complexity index is 1230. The molecule has 3 rings (SSSR count). The summed E-state index contributed by atoms with van der Waals surface area (Å²) in [6.45, 7) is 0.252. The first-order valence-corrected chi connectivity index (χ1v) is 9.36. The SMILES string of the molecule is N#CC(C#N)=c1sc(=Cc2c(Cl)cccc2Cl)c(=O)n1Cc1ccccc1. The van der Waals surface area contributed by atoms with Gasteiger partial charge in [-0.25, -0.2) is 0 Å². The Kier molecular flexibility index (Phi) is 5.78. The number of nitriles is 2. The highest BCUT2D eigenvalue weighted by Gasteiger charge is 2.11. The predicted octanol–water partition coefficient (Wildman–Crippen LogP) is 3.29. The molecule has 0 unspecified atom stereocenters. The summed E-state index contributed by atoms with van der Waals surface area (Å²) in [5.41, 5.74) is 0.986. The Balaban J connectivity index is 2.31. The van der Waals surface area contributed by atoms with Gasteiger partial charge in [-0.05, 0) is 23.8 Å². The first-order valence-electron chi connectivity index (χ1n) is 7.79. The summed E-state index contributed by atoms with van der Waals surface area (Å²) in [5, 5.41) is 19.4. The van der Waals surface area contributed by atoms with Crippen LogP contribution in [0.4, 0.5) is 0 Å². The number of rotatable bonds is 3. The van der Waals surface area contributed by atoms with E-state index in [-0.39, 0.29) is 17.7 Å². The summed E-state index contributed by atoms with van der Waals surface area (Å²) in [7, 11) is 0. The molecule has 1 heterocycles. The molecule has 27 heavy (non-hydrogen) atoms. The molecule has 0 saturated carbocycles. The van der Waals surface area contributed by atoms with Crippen LogP contribution in [0.3, 0.4) is 0 Å². The Morgan fingerprint density at radius 1 is 1.04 bits per heavy atom. The minimum atomic E-state index is -0.308. The number of nitrogens with zero attached hydrogens (tertiary/aromatic N) is 3. The third kappa shape index (κ3) is 3.97. The highest BCUT2D eigenvalue weighted by atomic mass is 35.5. The van der Waals surface area contributed by atoms with Crippen molar-refractivity contribution >= 4 is 46.2 Å². The van der Waals surface area contributed by atoms with Gasteiger partial charge >= 0.3 is 0 Å². The zero-order valence-corrected chi connectivity index (χ0v) is 16.1. The van der Waals surface area contributed by atoms with Gasteiger partial charge in [-0.3, -0.25) is 9.36 Å². The van der Waals surface area contributed by atoms with Crippen LogP contribution in [-0.2, 0) is 6.54 Å². The van der Waals surface area contributed by atoms with Crippen LogP contribution in [0.2, 0.25) is 10.0 Å². The number of hydrogen-bond acceptors (Lipinski definition) is 4. The standard InChI is InChI=1S/C20H11Cl2N3OS/c21-16-7-4-8-17(22)15(16)9-18-19(26)25(12-13-5-2-1-3-6-13)20(27-18)14(10-23)11-24/h1-9H,12H2. The molecular formula is C20H11Cl2N3OS. The fourth-order valence-corrected chi connectivity index (χ4v) is 4.06. The summed E-state index contributed by atoms with van der Waals surface area (Å²) in [6.07, 6.45) is 1.59. The van der Waals surface area contributed by atoms with Crippen molar-refractivity contribution < 1.29 is 0 Å². The van der Waals surface area contributed by atoms with E-state index < -0.39 is 0 Å². The van der Waals surface area contributed by atoms with Gasteiger partial charge in [-0.2, -0.15) is 10.5 Å². The number of aromatic nitrogens is 1. The van der Waals surface area contributed by atoms with Crippen molar-refractivity contribution in [2.24, 2.45) is 0 Å². The highest BCUT2D eigenvalue weighted by Crippen LogP contribution is 2.24. The first kappa shape index (κ1) is 18.9. The number of thiazole rings is 1. The molecule has 0 aliphatic rings. The maximum absolute atomic E-state index is 13.0. The van der Waals surface area contributed by atoms with E-state index in [4.69, 9.17) is 23.2 Å². The van der Waals surface area contributed by atoms with Gasteiger partial charge < -0.3 is 0 Å². The van der Waals surface area contributed by atoms with Crippen LogP contribution < -0.4 is 14.8 Å². The molecular weight excluding hydrogens is 401 g/mol. The lowest BCUT2D eigenvalue weighted by Crippen LogP contribution is -2.32. The van der Waals surface area contributed by atoms with Gasteiger partial charge in [0.25, 0.3) is 5.56 Å². The van der Waals surface area contributed by atoms with Crippen molar-refractivity contribution in [3.63, 3.8) is 0 Å². The fourth-order valence-electron chi connectivity index (χ4n) is 2.52. The molecule has 1 aromatic heterocycles. The van der Waals surface area contributed by atoms with Crippen molar-refractivity contribution in [3.8, 4) is 12.1 Å². The third-order valence-corrected chi connectivity index (χ3v) is 5.59. The molecule has 0 amide bonds. The monoisotopic (exact) mass is 411 g/mol. The molecule has 3 aromatic rings. The van der Waals surface area contributed by atoms with Gasteiger partial charge in [-0.1, -0.05) is 59.6 Å². The van der Waals surface area contributed by atoms with E-state index in [0.29, 0.717) is 24.8 Å². The summed E-state index contributed by atoms with van der Waals surface area (Å²) in [5.74, 6) is 0. The largest absolute Gasteiger partial charge is 0.293 e. The second-order valence-corrected chi connectivity index (χ2v) is 7.37. The topological polar surface area (TPSA) is 69.6 Å². The van der Waals surface area contributed by atoms with Crippen LogP contribution in [0.15, 0.2) is 53.3 Å². The zero-order chi connectivity index (χ0) is 19.4. The lowest BCUT2D eigenvalue weighted by molar-refractivity contribution is 0.754. The van der Waals surface area contributed by atoms with Crippen molar-refractivity contribution in [2.45, 2.75) is 6.54 Å². The van der Waals surface area contributed by atoms with Crippen molar-refractivity contribution in [3.05, 3.63) is 89.3 Å². The number of benzene rings is 2. The third-order valence-electron chi connectivity index (χ3n) is 3.80. The van der Waals surface area contributed by atoms with Crippen LogP contribution in [0, 0.1) is 22.7 Å². The molecule has 7 heteroatoms. The smallest absolute Gasteiger partial charge is 0.269 e. The van der Waals surface area contributed by atoms with Gasteiger partial charge in [0, 0.05) is 15.6 Å². The Morgan fingerprint density at radius 3 is 2.26 bits per heavy atom. The van der Waals surface area contributed by atoms with E-state index >= 15 is 0 Å². The molecule has 0 bridgehead atoms. The maximum atomic E-state index is 13.0. The molecule has 0 saturated heterocycles. The van der Waals surface area contributed by atoms with E-state index in [0.717, 1.165) is 16.9 Å². The van der Waals surface area contributed by atoms with E-state index in [1.807, 2.05) is 42.5 Å². The number of halogens is 2. The molecule has 4 nitrogen and oxygen atoms in total. The van der Waals surface area contributed by atoms with Crippen LogP contribution >= 0.6 is 34.5 Å². The normalized spacial score (nSPS) is 11.0. The van der Waals surface area contributed by atoms with Crippen molar-refractivity contribution in [1.29, 1.82) is 10.5 Å². The highest BCUT2D eigenvalue weighted by molar-refractivity contribution is 7.07. The Hall–Kier alpha value is -2.83. The average Bonchev–Trinajstić information content (AvgIpc) is 2.96. The van der Waals surface area contributed by atoms with E-state index in [1.165, 1.54) is 4.57 Å². The summed E-state index contributed by atoms with van der Waals surface area (Å²) >= 11 is 13.5. The van der Waals surface area contributed by atoms with Crippen molar-refractivity contribution in [1.82, 2.24) is 4.57 Å². The van der Waals surface area contributed by atoms with E-state index in [2.05, 4.69) is 0 Å². The van der Waals surface area contributed by atoms with E-state index in [9.17, 15) is 15.3 Å². The quantitative estimate of drug-likeness (QED) is 0.663. The lowest BCUT2D eigenvalue weighted by atomic mass is 10.2. The van der Waals surface area contributed by atoms with Crippen LogP contribution in [0.25, 0.3) is 11.6 Å². The average molecular weight is 412 g/mol. The fraction of sp³-hybridized carbons (Fsp3) is 0.0500.